The van der Waals surface area contributed by atoms with Gasteiger partial charge in [0.15, 0.2) is 17.8 Å². The summed E-state index contributed by atoms with van der Waals surface area (Å²) in [6.07, 6.45) is -15.3. The Morgan fingerprint density at radius 3 is 1.98 bits per heavy atom. The van der Waals surface area contributed by atoms with Crippen molar-refractivity contribution in [2.75, 3.05) is 20.8 Å². The molecule has 0 spiro atoms. The largest absolute Gasteiger partial charge is 0.507 e. The second kappa shape index (κ2) is 13.0. The molecule has 2 aromatic carbocycles. The van der Waals surface area contributed by atoms with E-state index in [0.717, 1.165) is 6.07 Å². The number of phenols is 3. The number of ether oxygens (including phenoxy) is 6. The summed E-state index contributed by atoms with van der Waals surface area (Å²) >= 11 is 0. The van der Waals surface area contributed by atoms with E-state index in [2.05, 4.69) is 0 Å². The fourth-order valence-corrected chi connectivity index (χ4v) is 5.11. The molecular formula is C29H35O16+. The summed E-state index contributed by atoms with van der Waals surface area (Å²) in [5.74, 6) is -1.25. The van der Waals surface area contributed by atoms with Crippen molar-refractivity contribution in [1.29, 1.82) is 0 Å². The fourth-order valence-electron chi connectivity index (χ4n) is 5.11. The van der Waals surface area contributed by atoms with Crippen molar-refractivity contribution < 1.29 is 78.8 Å². The van der Waals surface area contributed by atoms with Gasteiger partial charge in [0.25, 0.3) is 0 Å². The molecule has 2 aliphatic rings. The number of hydrogen-bond acceptors (Lipinski definition) is 15. The molecule has 9 N–H and O–H groups in total. The zero-order chi connectivity index (χ0) is 32.7. The lowest BCUT2D eigenvalue weighted by atomic mass is 9.98. The minimum Gasteiger partial charge on any atom is -0.507 e. The van der Waals surface area contributed by atoms with Crippen molar-refractivity contribution in [3.05, 3.63) is 30.3 Å². The number of aromatic hydroxyl groups is 3. The van der Waals surface area contributed by atoms with Crippen molar-refractivity contribution in [2.24, 2.45) is 0 Å². The lowest BCUT2D eigenvalue weighted by molar-refractivity contribution is -0.318. The van der Waals surface area contributed by atoms with Crippen molar-refractivity contribution in [2.45, 2.75) is 68.3 Å². The van der Waals surface area contributed by atoms with Gasteiger partial charge in [0.05, 0.1) is 38.6 Å². The molecule has 0 saturated carbocycles. The summed E-state index contributed by atoms with van der Waals surface area (Å²) < 4.78 is 39.1. The molecule has 16 heteroatoms. The summed E-state index contributed by atoms with van der Waals surface area (Å²) in [7, 11) is 2.62. The molecular weight excluding hydrogens is 604 g/mol. The second-order valence-electron chi connectivity index (χ2n) is 10.7. The van der Waals surface area contributed by atoms with Crippen LogP contribution in [0.15, 0.2) is 34.7 Å². The maximum Gasteiger partial charge on any atom is 0.402 e. The molecule has 1 aromatic heterocycles. The molecule has 0 bridgehead atoms. The number of fused-ring (bicyclic) bond motifs is 1. The average Bonchev–Trinajstić information content (AvgIpc) is 3.01. The first kappa shape index (κ1) is 32.7. The van der Waals surface area contributed by atoms with Gasteiger partial charge in [0, 0.05) is 24.3 Å². The van der Waals surface area contributed by atoms with Crippen LogP contribution in [0.2, 0.25) is 0 Å². The Labute approximate surface area is 255 Å². The molecule has 5 rings (SSSR count). The number of benzene rings is 2. The van der Waals surface area contributed by atoms with Crippen LogP contribution in [-0.4, -0.2) is 128 Å². The molecule has 246 valence electrons. The van der Waals surface area contributed by atoms with Gasteiger partial charge in [-0.05, 0) is 6.92 Å². The maximum absolute atomic E-state index is 10.8. The second-order valence-corrected chi connectivity index (χ2v) is 10.7. The van der Waals surface area contributed by atoms with Gasteiger partial charge < -0.3 is 74.4 Å². The third-order valence-electron chi connectivity index (χ3n) is 7.70. The monoisotopic (exact) mass is 639 g/mol. The Bertz CT molecular complexity index is 1490. The molecule has 2 fully saturated rings. The highest BCUT2D eigenvalue weighted by atomic mass is 16.7. The normalized spacial score (nSPS) is 31.9. The van der Waals surface area contributed by atoms with Crippen molar-refractivity contribution in [3.8, 4) is 45.8 Å². The van der Waals surface area contributed by atoms with E-state index >= 15 is 0 Å². The molecule has 2 aliphatic heterocycles. The molecule has 3 aromatic rings. The Morgan fingerprint density at radius 1 is 0.711 bits per heavy atom. The van der Waals surface area contributed by atoms with E-state index < -0.39 is 68.0 Å². The summed E-state index contributed by atoms with van der Waals surface area (Å²) in [4.78, 5) is 0. The number of phenolic OH excluding ortho intramolecular Hbond substituents is 3. The van der Waals surface area contributed by atoms with E-state index in [1.807, 2.05) is 0 Å². The first-order valence-electron chi connectivity index (χ1n) is 13.8. The van der Waals surface area contributed by atoms with Crippen LogP contribution < -0.4 is 14.2 Å². The van der Waals surface area contributed by atoms with Crippen LogP contribution in [0.5, 0.6) is 34.5 Å². The summed E-state index contributed by atoms with van der Waals surface area (Å²) in [5.41, 5.74) is 0.227. The van der Waals surface area contributed by atoms with E-state index in [9.17, 15) is 46.0 Å². The predicted molar refractivity (Wildman–Crippen MR) is 150 cm³/mol. The molecule has 45 heavy (non-hydrogen) atoms. The van der Waals surface area contributed by atoms with Gasteiger partial charge in [-0.15, -0.1) is 0 Å². The van der Waals surface area contributed by atoms with Crippen LogP contribution in [-0.2, 0) is 14.2 Å². The highest BCUT2D eigenvalue weighted by Gasteiger charge is 2.48. The van der Waals surface area contributed by atoms with E-state index in [0.29, 0.717) is 0 Å². The fraction of sp³-hybridized carbons (Fsp3) is 0.483. The van der Waals surface area contributed by atoms with Crippen LogP contribution in [0.1, 0.15) is 6.92 Å². The predicted octanol–water partition coefficient (Wildman–Crippen LogP) is -0.455. The zero-order valence-corrected chi connectivity index (χ0v) is 24.3. The third-order valence-corrected chi connectivity index (χ3v) is 7.70. The number of aliphatic hydroxyl groups is 6. The van der Waals surface area contributed by atoms with Crippen molar-refractivity contribution >= 4 is 11.0 Å². The third kappa shape index (κ3) is 6.24. The van der Waals surface area contributed by atoms with Gasteiger partial charge in [-0.1, -0.05) is 0 Å². The minimum atomic E-state index is -1.83. The van der Waals surface area contributed by atoms with Crippen molar-refractivity contribution in [3.63, 3.8) is 0 Å². The van der Waals surface area contributed by atoms with Crippen LogP contribution in [0.25, 0.3) is 22.3 Å². The van der Waals surface area contributed by atoms with Gasteiger partial charge in [-0.25, -0.2) is 4.42 Å². The minimum absolute atomic E-state index is 0.00636. The smallest absolute Gasteiger partial charge is 0.402 e. The van der Waals surface area contributed by atoms with Crippen LogP contribution >= 0.6 is 0 Å². The maximum atomic E-state index is 10.8. The molecule has 0 radical (unpaired) electrons. The van der Waals surface area contributed by atoms with Gasteiger partial charge >= 0.3 is 11.3 Å². The zero-order valence-electron chi connectivity index (χ0n) is 24.3. The molecule has 16 nitrogen and oxygen atoms in total. The van der Waals surface area contributed by atoms with Gasteiger partial charge in [-0.3, -0.25) is 0 Å². The number of rotatable bonds is 8. The van der Waals surface area contributed by atoms with E-state index in [1.54, 1.807) is 0 Å². The molecule has 5 unspecified atom stereocenters. The number of aliphatic hydroxyl groups excluding tert-OH is 6. The van der Waals surface area contributed by atoms with Crippen LogP contribution in [0.3, 0.4) is 0 Å². The Balaban J connectivity index is 1.48. The van der Waals surface area contributed by atoms with E-state index in [-0.39, 0.29) is 56.8 Å². The highest BCUT2D eigenvalue weighted by molar-refractivity contribution is 5.88. The standard InChI is InChI=1S/C29H34O16/c1-10-20(32)23(35)25(37)28(42-10)41-9-19-22(34)24(36)26(38)29(45-19)44-18-8-13-14(31)6-12(30)7-15(13)43-27(18)11-4-16(39-2)21(33)17(5-11)40-3/h4-8,10,19-20,22-26,28-29,32,34-38H,9H2,1-3H3,(H2-,30,31,33)/p+1/t10?,19?,20-,22+,23-,24?,25?,26?,28+,29+/m0/s1. The van der Waals surface area contributed by atoms with Gasteiger partial charge in [0.2, 0.25) is 17.8 Å². The summed E-state index contributed by atoms with van der Waals surface area (Å²) in [6, 6.07) is 6.37. The highest BCUT2D eigenvalue weighted by Crippen LogP contribution is 2.45. The van der Waals surface area contributed by atoms with Crippen molar-refractivity contribution in [1.82, 2.24) is 0 Å². The van der Waals surface area contributed by atoms with E-state index in [1.165, 1.54) is 45.4 Å². The lowest BCUT2D eigenvalue weighted by Crippen LogP contribution is -2.61. The Hall–Kier alpha value is -3.71. The van der Waals surface area contributed by atoms with Crippen LogP contribution in [0, 0.1) is 0 Å². The molecule has 0 amide bonds. The first-order valence-corrected chi connectivity index (χ1v) is 13.8. The quantitative estimate of drug-likeness (QED) is 0.142. The van der Waals surface area contributed by atoms with E-state index in [4.69, 9.17) is 32.8 Å². The topological polar surface area (TPSA) is 249 Å². The van der Waals surface area contributed by atoms with Crippen LogP contribution in [0.4, 0.5) is 0 Å². The average molecular weight is 640 g/mol. The molecule has 0 aliphatic carbocycles. The number of methoxy groups -OCH3 is 2. The summed E-state index contributed by atoms with van der Waals surface area (Å²) in [6.45, 7) is 0.931. The number of hydrogen-bond donors (Lipinski definition) is 9. The Morgan fingerprint density at radius 2 is 1.33 bits per heavy atom. The Kier molecular flexibility index (Phi) is 9.41. The first-order chi connectivity index (χ1) is 21.3. The SMILES string of the molecule is COc1cc(-c2[o+]c3cc(O)cc(O)c3cc2O[C@@H]2OC(CO[C@@H]3OC(C)[C@H](O)[C@H](O)C3O)[C@@H](O)C(O)C2O)cc(OC)c1O. The lowest BCUT2D eigenvalue weighted by Gasteiger charge is -2.42. The van der Waals surface area contributed by atoms with Gasteiger partial charge in [0.1, 0.15) is 59.6 Å². The molecule has 10 atom stereocenters. The van der Waals surface area contributed by atoms with Gasteiger partial charge in [-0.2, -0.15) is 0 Å². The molecule has 2 saturated heterocycles. The molecule has 3 heterocycles. The summed E-state index contributed by atoms with van der Waals surface area (Å²) in [5, 5.41) is 93.3.